The van der Waals surface area contributed by atoms with Gasteiger partial charge in [0.05, 0.1) is 0 Å². The van der Waals surface area contributed by atoms with Crippen molar-refractivity contribution in [1.29, 1.82) is 0 Å². The first-order valence-electron chi connectivity index (χ1n) is 6.38. The standard InChI is InChI=1S/C9H13.C7H8N.2CH3.2ClH.H2Si.Ti/c1-6-5-7(2)9(4)8(6)3;8-6-7-4-2-1-3-5-7;;;;;;/h6H,1-4H3;1-5,8H,6H2;2*1H3;2*1H;1H2;/q4*-1;;;;. The Hall–Kier alpha value is 0.171. The van der Waals surface area contributed by atoms with E-state index in [0.717, 1.165) is 5.56 Å². The van der Waals surface area contributed by atoms with Gasteiger partial charge in [0.1, 0.15) is 0 Å². The molecule has 2 rings (SSSR count). The molecule has 1 atom stereocenters. The number of hydrogen-bond donors (Lipinski definition) is 0. The van der Waals surface area contributed by atoms with E-state index in [1.165, 1.54) is 16.7 Å². The molecule has 0 radical (unpaired) electrons. The van der Waals surface area contributed by atoms with Crippen LogP contribution in [-0.2, 0) is 25.7 Å². The Bertz CT molecular complexity index is 448. The molecule has 1 unspecified atom stereocenters. The van der Waals surface area contributed by atoms with Crippen LogP contribution in [0.5, 0.6) is 0 Å². The fourth-order valence-corrected chi connectivity index (χ4v) is 1.76. The fraction of sp³-hybridized carbons (Fsp3) is 0.333. The van der Waals surface area contributed by atoms with E-state index in [-0.39, 0.29) is 39.7 Å². The molecule has 0 spiro atoms. The summed E-state index contributed by atoms with van der Waals surface area (Å²) in [6, 6.07) is 9.76. The van der Waals surface area contributed by atoms with Crippen LogP contribution in [0.25, 0.3) is 5.73 Å². The topological polar surface area (TPSA) is 23.8 Å². The van der Waals surface area contributed by atoms with E-state index >= 15 is 0 Å². The predicted octanol–water partition coefficient (Wildman–Crippen LogP) is 5.79. The number of hydrogen-bond acceptors (Lipinski definition) is 0. The van der Waals surface area contributed by atoms with Gasteiger partial charge in [-0.05, 0) is 0 Å². The molecule has 0 saturated carbocycles. The Kier molecular flexibility index (Phi) is 30.3. The van der Waals surface area contributed by atoms with Crippen molar-refractivity contribution in [2.75, 3.05) is 0 Å². The molecule has 0 aliphatic heterocycles. The van der Waals surface area contributed by atoms with Gasteiger partial charge >= 0.3 is 26.8 Å². The van der Waals surface area contributed by atoms with E-state index in [1.54, 1.807) is 0 Å². The molecule has 1 N–H and O–H groups in total. The van der Waals surface area contributed by atoms with Gasteiger partial charge in [-0.15, -0.1) is 38.3 Å². The zero-order chi connectivity index (χ0) is 14.8. The average Bonchev–Trinajstić information content (AvgIpc) is 2.69. The second-order valence-corrected chi connectivity index (χ2v) is 4.46. The Morgan fingerprint density at radius 2 is 1.48 bits per heavy atom. The van der Waals surface area contributed by atoms with E-state index in [1.807, 2.05) is 57.1 Å². The van der Waals surface area contributed by atoms with E-state index in [4.69, 9.17) is 5.73 Å². The molecule has 1 nitrogen and oxygen atoms in total. The van der Waals surface area contributed by atoms with Gasteiger partial charge in [-0.3, -0.25) is 6.08 Å². The average molecular weight is 408 g/mol. The summed E-state index contributed by atoms with van der Waals surface area (Å²) in [5.41, 5.74) is 12.3. The van der Waals surface area contributed by atoms with Crippen molar-refractivity contribution in [3.8, 4) is 0 Å². The first-order chi connectivity index (χ1) is 9.06. The number of halogens is 2. The van der Waals surface area contributed by atoms with Crippen LogP contribution < -0.4 is 0 Å². The second-order valence-electron chi connectivity index (χ2n) is 4.46. The fourth-order valence-electron chi connectivity index (χ4n) is 1.76. The third-order valence-electron chi connectivity index (χ3n) is 3.28. The molecule has 0 amide bonds. The summed E-state index contributed by atoms with van der Waals surface area (Å²) in [5.74, 6) is 0.560. The van der Waals surface area contributed by atoms with Crippen molar-refractivity contribution in [3.05, 3.63) is 79.3 Å². The number of rotatable bonds is 1. The van der Waals surface area contributed by atoms with Crippen LogP contribution in [0.2, 0.25) is 0 Å². The maximum absolute atomic E-state index is 6.94. The first kappa shape index (κ1) is 34.5. The monoisotopic (exact) mass is 407 g/mol. The third kappa shape index (κ3) is 13.2. The van der Waals surface area contributed by atoms with Crippen molar-refractivity contribution < 1.29 is 19.2 Å². The zero-order valence-corrected chi connectivity index (χ0v) is 19.8. The number of benzene rings is 1. The first-order valence-corrected chi connectivity index (χ1v) is 10.4. The molecule has 1 aromatic rings. The maximum atomic E-state index is 6.94. The summed E-state index contributed by atoms with van der Waals surface area (Å²) in [5, 5.41) is 0. The van der Waals surface area contributed by atoms with Gasteiger partial charge in [0.25, 0.3) is 0 Å². The van der Waals surface area contributed by atoms with Gasteiger partial charge in [0.15, 0.2) is 0 Å². The molecule has 23 heavy (non-hydrogen) atoms. The van der Waals surface area contributed by atoms with Crippen LogP contribution >= 0.6 is 24.8 Å². The Morgan fingerprint density at radius 3 is 1.65 bits per heavy atom. The summed E-state index contributed by atoms with van der Waals surface area (Å²) in [6.07, 6.45) is 3.36. The van der Waals surface area contributed by atoms with Crippen molar-refractivity contribution >= 4 is 32.4 Å². The van der Waals surface area contributed by atoms with Crippen LogP contribution in [0.4, 0.5) is 0 Å². The quantitative estimate of drug-likeness (QED) is 0.415. The minimum atomic E-state index is 0. The SMILES string of the molecule is CC1=[C-]C(C)C(C)=C1C.Cl.Cl.[CH3-].[CH3-].[NH-]Cc1ccccc1.[SiH2]=[Ti]. The summed E-state index contributed by atoms with van der Waals surface area (Å²) in [7, 11) is 1.86. The van der Waals surface area contributed by atoms with Crippen LogP contribution in [0.1, 0.15) is 33.3 Å². The normalized spacial score (nSPS) is 13.9. The number of nitrogens with one attached hydrogen (secondary N) is 1. The van der Waals surface area contributed by atoms with Gasteiger partial charge < -0.3 is 20.6 Å². The van der Waals surface area contributed by atoms with Crippen LogP contribution in [0.3, 0.4) is 0 Å². The molecule has 1 aromatic carbocycles. The molecular weight excluding hydrogens is 377 g/mol. The van der Waals surface area contributed by atoms with Crippen LogP contribution in [0, 0.1) is 26.8 Å². The van der Waals surface area contributed by atoms with E-state index in [2.05, 4.69) is 33.8 Å². The van der Waals surface area contributed by atoms with Crippen LogP contribution in [0.15, 0.2) is 47.1 Å². The Labute approximate surface area is 170 Å². The molecular formula is C18H31Cl2NSiTi-4. The Morgan fingerprint density at radius 1 is 1.04 bits per heavy atom. The van der Waals surface area contributed by atoms with Gasteiger partial charge in [-0.2, -0.15) is 11.1 Å². The summed E-state index contributed by atoms with van der Waals surface area (Å²) >= 11 is 2.03. The second kappa shape index (κ2) is 20.2. The van der Waals surface area contributed by atoms with Gasteiger partial charge in [-0.25, -0.2) is 5.57 Å². The van der Waals surface area contributed by atoms with E-state index in [0.29, 0.717) is 12.5 Å². The predicted molar refractivity (Wildman–Crippen MR) is 110 cm³/mol. The minimum absolute atomic E-state index is 0. The van der Waals surface area contributed by atoms with Crippen molar-refractivity contribution in [3.63, 3.8) is 0 Å². The van der Waals surface area contributed by atoms with E-state index < -0.39 is 0 Å². The van der Waals surface area contributed by atoms with Crippen molar-refractivity contribution in [2.45, 2.75) is 34.2 Å². The summed E-state index contributed by atoms with van der Waals surface area (Å²) in [4.78, 5) is 0. The molecule has 0 bridgehead atoms. The van der Waals surface area contributed by atoms with Gasteiger partial charge in [-0.1, -0.05) is 62.6 Å². The third-order valence-corrected chi connectivity index (χ3v) is 3.28. The zero-order valence-electron chi connectivity index (χ0n) is 15.2. The van der Waals surface area contributed by atoms with Crippen LogP contribution in [-0.4, -0.2) is 7.63 Å². The molecule has 0 aromatic heterocycles. The molecule has 0 saturated heterocycles. The Balaban J connectivity index is -0.0000000734. The molecule has 0 fully saturated rings. The summed E-state index contributed by atoms with van der Waals surface area (Å²) < 4.78 is 0. The van der Waals surface area contributed by atoms with Gasteiger partial charge in [0, 0.05) is 0 Å². The molecule has 134 valence electrons. The molecule has 0 heterocycles. The van der Waals surface area contributed by atoms with Gasteiger partial charge in [0.2, 0.25) is 0 Å². The number of allylic oxidation sites excluding steroid dienone is 4. The van der Waals surface area contributed by atoms with Crippen molar-refractivity contribution in [2.24, 2.45) is 5.92 Å². The molecule has 1 aliphatic rings. The molecule has 5 heteroatoms. The summed E-state index contributed by atoms with van der Waals surface area (Å²) in [6.45, 7) is 9.06. The van der Waals surface area contributed by atoms with E-state index in [9.17, 15) is 0 Å². The van der Waals surface area contributed by atoms with Crippen molar-refractivity contribution in [1.82, 2.24) is 0 Å². The molecule has 1 aliphatic carbocycles.